The fourth-order valence-corrected chi connectivity index (χ4v) is 2.59. The minimum Gasteiger partial charge on any atom is -0.499 e. The summed E-state index contributed by atoms with van der Waals surface area (Å²) in [5.41, 5.74) is 0. The van der Waals surface area contributed by atoms with Gasteiger partial charge < -0.3 is 10.2 Å². The van der Waals surface area contributed by atoms with Gasteiger partial charge in [0.2, 0.25) is 0 Å². The van der Waals surface area contributed by atoms with Gasteiger partial charge in [-0.15, -0.1) is 11.3 Å². The van der Waals surface area contributed by atoms with Crippen LogP contribution in [0.25, 0.3) is 10.8 Å². The summed E-state index contributed by atoms with van der Waals surface area (Å²) in [6.45, 7) is 1.63. The maximum Gasteiger partial charge on any atom is 0.311 e. The lowest BCUT2D eigenvalue weighted by Gasteiger charge is -2.02. The molecule has 0 amide bonds. The summed E-state index contributed by atoms with van der Waals surface area (Å²) in [4.78, 5) is 11.6. The van der Waals surface area contributed by atoms with E-state index in [1.54, 1.807) is 13.0 Å². The first kappa shape index (κ1) is 9.98. The van der Waals surface area contributed by atoms with E-state index in [1.807, 2.05) is 18.2 Å². The Morgan fingerprint density at radius 2 is 1.93 bits per heavy atom. The van der Waals surface area contributed by atoms with Gasteiger partial charge in [-0.3, -0.25) is 4.79 Å². The average molecular weight is 222 g/mol. The Balaban J connectivity index is 2.67. The monoisotopic (exact) mass is 222 g/mol. The zero-order valence-electron chi connectivity index (χ0n) is 8.10. The van der Waals surface area contributed by atoms with E-state index in [-0.39, 0.29) is 5.06 Å². The number of benzene rings is 1. The van der Waals surface area contributed by atoms with Crippen molar-refractivity contribution in [3.8, 4) is 5.06 Å². The number of rotatable bonds is 2. The van der Waals surface area contributed by atoms with Crippen LogP contribution in [0.3, 0.4) is 0 Å². The van der Waals surface area contributed by atoms with Crippen LogP contribution < -0.4 is 0 Å². The Labute approximate surface area is 90.6 Å². The molecule has 1 aromatic heterocycles. The quantitative estimate of drug-likeness (QED) is 0.821. The second-order valence-corrected chi connectivity index (χ2v) is 4.41. The van der Waals surface area contributed by atoms with Gasteiger partial charge in [0.25, 0.3) is 0 Å². The Kier molecular flexibility index (Phi) is 2.36. The highest BCUT2D eigenvalue weighted by Crippen LogP contribution is 2.40. The average Bonchev–Trinajstić information content (AvgIpc) is 2.56. The highest BCUT2D eigenvalue weighted by atomic mass is 32.1. The fraction of sp³-hybridized carbons (Fsp3) is 0.182. The van der Waals surface area contributed by atoms with Crippen LogP contribution in [0.15, 0.2) is 24.3 Å². The van der Waals surface area contributed by atoms with Gasteiger partial charge >= 0.3 is 5.97 Å². The van der Waals surface area contributed by atoms with Gasteiger partial charge in [-0.1, -0.05) is 18.2 Å². The molecule has 0 aliphatic carbocycles. The number of carboxylic acids is 1. The number of aromatic hydroxyl groups is 1. The van der Waals surface area contributed by atoms with E-state index in [2.05, 4.69) is 0 Å². The first-order chi connectivity index (χ1) is 7.11. The molecule has 2 aromatic rings. The SMILES string of the molecule is CC(C(=O)O)c1sc(O)c2ccccc12. The van der Waals surface area contributed by atoms with Crippen molar-refractivity contribution in [2.24, 2.45) is 0 Å². The molecule has 0 aliphatic rings. The molecule has 0 fully saturated rings. The van der Waals surface area contributed by atoms with Crippen molar-refractivity contribution in [3.05, 3.63) is 29.1 Å². The highest BCUT2D eigenvalue weighted by molar-refractivity contribution is 7.15. The topological polar surface area (TPSA) is 57.5 Å². The van der Waals surface area contributed by atoms with Crippen molar-refractivity contribution in [2.75, 3.05) is 0 Å². The van der Waals surface area contributed by atoms with Gasteiger partial charge in [0.05, 0.1) is 5.92 Å². The van der Waals surface area contributed by atoms with Crippen molar-refractivity contribution in [1.82, 2.24) is 0 Å². The molecule has 0 bridgehead atoms. The van der Waals surface area contributed by atoms with Gasteiger partial charge in [-0.05, 0) is 13.0 Å². The second kappa shape index (κ2) is 3.55. The van der Waals surface area contributed by atoms with Crippen LogP contribution in [-0.4, -0.2) is 16.2 Å². The maximum atomic E-state index is 10.9. The summed E-state index contributed by atoms with van der Waals surface area (Å²) >= 11 is 1.14. The third kappa shape index (κ3) is 1.57. The Hall–Kier alpha value is -1.55. The van der Waals surface area contributed by atoms with Gasteiger partial charge in [0, 0.05) is 15.6 Å². The molecular formula is C11H10O3S. The van der Waals surface area contributed by atoms with Crippen molar-refractivity contribution in [2.45, 2.75) is 12.8 Å². The van der Waals surface area contributed by atoms with Crippen LogP contribution in [0.5, 0.6) is 5.06 Å². The lowest BCUT2D eigenvalue weighted by atomic mass is 10.1. The van der Waals surface area contributed by atoms with E-state index in [1.165, 1.54) is 0 Å². The Morgan fingerprint density at radius 3 is 2.53 bits per heavy atom. The molecular weight excluding hydrogens is 212 g/mol. The largest absolute Gasteiger partial charge is 0.499 e. The van der Waals surface area contributed by atoms with Crippen LogP contribution in [0, 0.1) is 0 Å². The van der Waals surface area contributed by atoms with Gasteiger partial charge in [0.15, 0.2) is 5.06 Å². The fourth-order valence-electron chi connectivity index (χ4n) is 1.53. The van der Waals surface area contributed by atoms with E-state index >= 15 is 0 Å². The molecule has 1 unspecified atom stereocenters. The van der Waals surface area contributed by atoms with Crippen molar-refractivity contribution in [1.29, 1.82) is 0 Å². The lowest BCUT2D eigenvalue weighted by molar-refractivity contribution is -0.138. The van der Waals surface area contributed by atoms with Crippen LogP contribution in [0.1, 0.15) is 17.7 Å². The minimum absolute atomic E-state index is 0.189. The number of fused-ring (bicyclic) bond motifs is 1. The molecule has 2 rings (SSSR count). The van der Waals surface area contributed by atoms with Crippen LogP contribution in [0.2, 0.25) is 0 Å². The third-order valence-electron chi connectivity index (χ3n) is 2.39. The van der Waals surface area contributed by atoms with Crippen molar-refractivity contribution < 1.29 is 15.0 Å². The smallest absolute Gasteiger partial charge is 0.311 e. The lowest BCUT2D eigenvalue weighted by Crippen LogP contribution is -2.05. The summed E-state index contributed by atoms with van der Waals surface area (Å²) in [5.74, 6) is -1.46. The molecule has 78 valence electrons. The van der Waals surface area contributed by atoms with Gasteiger partial charge in [0.1, 0.15) is 0 Å². The predicted octanol–water partition coefficient (Wildman–Crippen LogP) is 2.79. The molecule has 1 heterocycles. The van der Waals surface area contributed by atoms with Crippen LogP contribution >= 0.6 is 11.3 Å². The molecule has 0 radical (unpaired) electrons. The Bertz CT molecular complexity index is 516. The second-order valence-electron chi connectivity index (χ2n) is 3.38. The number of hydrogen-bond donors (Lipinski definition) is 2. The first-order valence-corrected chi connectivity index (χ1v) is 5.36. The summed E-state index contributed by atoms with van der Waals surface area (Å²) < 4.78 is 0. The molecule has 1 aromatic carbocycles. The molecule has 4 heteroatoms. The number of hydrogen-bond acceptors (Lipinski definition) is 3. The number of carboxylic acid groups (broad SMARTS) is 1. The third-order valence-corrected chi connectivity index (χ3v) is 3.60. The normalized spacial score (nSPS) is 12.9. The van der Waals surface area contributed by atoms with E-state index in [0.29, 0.717) is 4.88 Å². The Morgan fingerprint density at radius 1 is 1.33 bits per heavy atom. The van der Waals surface area contributed by atoms with Gasteiger partial charge in [-0.25, -0.2) is 0 Å². The van der Waals surface area contributed by atoms with Crippen molar-refractivity contribution >= 4 is 28.1 Å². The zero-order valence-corrected chi connectivity index (χ0v) is 8.91. The van der Waals surface area contributed by atoms with E-state index in [0.717, 1.165) is 22.1 Å². The molecule has 0 saturated heterocycles. The van der Waals surface area contributed by atoms with E-state index < -0.39 is 11.9 Å². The van der Waals surface area contributed by atoms with E-state index in [4.69, 9.17) is 5.11 Å². The highest BCUT2D eigenvalue weighted by Gasteiger charge is 2.20. The van der Waals surface area contributed by atoms with E-state index in [9.17, 15) is 9.90 Å². The summed E-state index contributed by atoms with van der Waals surface area (Å²) in [6, 6.07) is 7.29. The zero-order chi connectivity index (χ0) is 11.0. The maximum absolute atomic E-state index is 10.9. The van der Waals surface area contributed by atoms with Gasteiger partial charge in [-0.2, -0.15) is 0 Å². The summed E-state index contributed by atoms with van der Waals surface area (Å²) in [6.07, 6.45) is 0. The molecule has 3 nitrogen and oxygen atoms in total. The molecule has 1 atom stereocenters. The summed E-state index contributed by atoms with van der Waals surface area (Å²) in [7, 11) is 0. The molecule has 2 N–H and O–H groups in total. The number of carbonyl (C=O) groups is 1. The minimum atomic E-state index is -0.873. The molecule has 15 heavy (non-hydrogen) atoms. The molecule has 0 spiro atoms. The van der Waals surface area contributed by atoms with Crippen LogP contribution in [0.4, 0.5) is 0 Å². The summed E-state index contributed by atoms with van der Waals surface area (Å²) in [5, 5.41) is 20.3. The van der Waals surface area contributed by atoms with Crippen molar-refractivity contribution in [3.63, 3.8) is 0 Å². The predicted molar refractivity (Wildman–Crippen MR) is 59.5 cm³/mol. The first-order valence-electron chi connectivity index (χ1n) is 4.54. The van der Waals surface area contributed by atoms with Crippen LogP contribution in [-0.2, 0) is 4.79 Å². The standard InChI is InChI=1S/C11H10O3S/c1-6(10(12)13)9-7-4-2-3-5-8(7)11(14)15-9/h2-6,14H,1H3,(H,12,13). The number of thiophene rings is 1. The molecule has 0 saturated carbocycles. The molecule has 0 aliphatic heterocycles. The number of aliphatic carboxylic acids is 1.